The van der Waals surface area contributed by atoms with Gasteiger partial charge in [0.2, 0.25) is 0 Å². The fourth-order valence-corrected chi connectivity index (χ4v) is 1.99. The van der Waals surface area contributed by atoms with Crippen LogP contribution in [0, 0.1) is 21.4 Å². The Morgan fingerprint density at radius 3 is 2.57 bits per heavy atom. The SMILES string of the molecule is N#Cc1ccc(NC(CO)c2ccccc2)cc1[N+](=O)[O-]. The number of rotatable bonds is 5. The second kappa shape index (κ2) is 6.50. The van der Waals surface area contributed by atoms with E-state index in [1.165, 1.54) is 12.1 Å². The molecular weight excluding hydrogens is 270 g/mol. The van der Waals surface area contributed by atoms with Gasteiger partial charge in [0.15, 0.2) is 0 Å². The fourth-order valence-electron chi connectivity index (χ4n) is 1.99. The number of anilines is 1. The summed E-state index contributed by atoms with van der Waals surface area (Å²) in [5.74, 6) is 0. The topological polar surface area (TPSA) is 99.2 Å². The Morgan fingerprint density at radius 2 is 2.00 bits per heavy atom. The van der Waals surface area contributed by atoms with Gasteiger partial charge in [0.1, 0.15) is 11.6 Å². The predicted octanol–water partition coefficient (Wildman–Crippen LogP) is 2.61. The summed E-state index contributed by atoms with van der Waals surface area (Å²) in [5.41, 5.74) is 1.09. The molecule has 0 aliphatic carbocycles. The van der Waals surface area contributed by atoms with E-state index in [1.54, 1.807) is 12.1 Å². The van der Waals surface area contributed by atoms with Crippen molar-refractivity contribution in [2.45, 2.75) is 6.04 Å². The summed E-state index contributed by atoms with van der Waals surface area (Å²) in [6.45, 7) is -0.155. The normalized spacial score (nSPS) is 11.4. The molecule has 1 atom stereocenters. The molecule has 0 heterocycles. The molecule has 1 unspecified atom stereocenters. The first-order valence-electron chi connectivity index (χ1n) is 6.26. The number of hydrogen-bond acceptors (Lipinski definition) is 5. The lowest BCUT2D eigenvalue weighted by Gasteiger charge is -2.18. The Hall–Kier alpha value is -2.91. The Balaban J connectivity index is 2.29. The van der Waals surface area contributed by atoms with Gasteiger partial charge in [-0.1, -0.05) is 30.3 Å². The molecule has 0 aliphatic rings. The van der Waals surface area contributed by atoms with E-state index in [-0.39, 0.29) is 23.9 Å². The van der Waals surface area contributed by atoms with Gasteiger partial charge in [-0.3, -0.25) is 10.1 Å². The number of benzene rings is 2. The maximum absolute atomic E-state index is 10.9. The number of nitro groups is 1. The molecule has 2 N–H and O–H groups in total. The second-order valence-electron chi connectivity index (χ2n) is 4.39. The third-order valence-corrected chi connectivity index (χ3v) is 3.04. The van der Waals surface area contributed by atoms with Gasteiger partial charge in [0.05, 0.1) is 17.6 Å². The Morgan fingerprint density at radius 1 is 1.29 bits per heavy atom. The molecule has 0 bridgehead atoms. The van der Waals surface area contributed by atoms with Crippen molar-refractivity contribution in [3.63, 3.8) is 0 Å². The van der Waals surface area contributed by atoms with E-state index in [4.69, 9.17) is 5.26 Å². The molecule has 0 aromatic heterocycles. The lowest BCUT2D eigenvalue weighted by atomic mass is 10.1. The molecule has 6 nitrogen and oxygen atoms in total. The zero-order chi connectivity index (χ0) is 15.2. The summed E-state index contributed by atoms with van der Waals surface area (Å²) in [4.78, 5) is 10.3. The maximum Gasteiger partial charge on any atom is 0.289 e. The molecular formula is C15H13N3O3. The van der Waals surface area contributed by atoms with E-state index in [1.807, 2.05) is 30.3 Å². The van der Waals surface area contributed by atoms with Crippen LogP contribution in [-0.2, 0) is 0 Å². The number of nitro benzene ring substituents is 1. The van der Waals surface area contributed by atoms with Crippen molar-refractivity contribution in [2.24, 2.45) is 0 Å². The summed E-state index contributed by atoms with van der Waals surface area (Å²) < 4.78 is 0. The average Bonchev–Trinajstić information content (AvgIpc) is 2.53. The molecule has 0 fully saturated rings. The van der Waals surface area contributed by atoms with E-state index in [9.17, 15) is 15.2 Å². The van der Waals surface area contributed by atoms with Crippen LogP contribution < -0.4 is 5.32 Å². The summed E-state index contributed by atoms with van der Waals surface area (Å²) in [6.07, 6.45) is 0. The van der Waals surface area contributed by atoms with E-state index in [2.05, 4.69) is 5.32 Å². The molecule has 0 radical (unpaired) electrons. The molecule has 0 amide bonds. The van der Waals surface area contributed by atoms with Gasteiger partial charge in [0, 0.05) is 11.8 Å². The van der Waals surface area contributed by atoms with Gasteiger partial charge in [-0.15, -0.1) is 0 Å². The number of nitriles is 1. The van der Waals surface area contributed by atoms with Gasteiger partial charge in [-0.25, -0.2) is 0 Å². The number of nitrogens with zero attached hydrogens (tertiary/aromatic N) is 2. The molecule has 0 aliphatic heterocycles. The van der Waals surface area contributed by atoms with Crippen LogP contribution in [0.15, 0.2) is 48.5 Å². The summed E-state index contributed by atoms with van der Waals surface area (Å²) in [7, 11) is 0. The molecule has 6 heteroatoms. The molecule has 0 spiro atoms. The quantitative estimate of drug-likeness (QED) is 0.649. The first-order chi connectivity index (χ1) is 10.2. The minimum absolute atomic E-state index is 0.00538. The highest BCUT2D eigenvalue weighted by Gasteiger charge is 2.16. The van der Waals surface area contributed by atoms with E-state index in [0.29, 0.717) is 5.69 Å². The zero-order valence-corrected chi connectivity index (χ0v) is 11.1. The minimum atomic E-state index is -0.597. The van der Waals surface area contributed by atoms with Gasteiger partial charge in [0.25, 0.3) is 5.69 Å². The molecule has 0 saturated heterocycles. The monoisotopic (exact) mass is 283 g/mol. The van der Waals surface area contributed by atoms with Crippen molar-refractivity contribution in [1.29, 1.82) is 5.26 Å². The van der Waals surface area contributed by atoms with E-state index in [0.717, 1.165) is 5.56 Å². The van der Waals surface area contributed by atoms with Gasteiger partial charge >= 0.3 is 0 Å². The molecule has 2 aromatic carbocycles. The number of aliphatic hydroxyl groups excluding tert-OH is 1. The highest BCUT2D eigenvalue weighted by molar-refractivity contribution is 5.59. The van der Waals surface area contributed by atoms with Gasteiger partial charge in [-0.2, -0.15) is 5.26 Å². The van der Waals surface area contributed by atoms with Crippen LogP contribution >= 0.6 is 0 Å². The summed E-state index contributed by atoms with van der Waals surface area (Å²) in [5, 5.41) is 32.3. The number of nitrogens with one attached hydrogen (secondary N) is 1. The van der Waals surface area contributed by atoms with Crippen LogP contribution in [0.3, 0.4) is 0 Å². The van der Waals surface area contributed by atoms with Crippen molar-refractivity contribution in [1.82, 2.24) is 0 Å². The van der Waals surface area contributed by atoms with Crippen LogP contribution in [0.2, 0.25) is 0 Å². The van der Waals surface area contributed by atoms with Crippen molar-refractivity contribution in [3.8, 4) is 6.07 Å². The standard InChI is InChI=1S/C15H13N3O3/c16-9-12-6-7-13(8-15(12)18(20)21)17-14(10-19)11-4-2-1-3-5-11/h1-8,14,17,19H,10H2. The summed E-state index contributed by atoms with van der Waals surface area (Å²) >= 11 is 0. The largest absolute Gasteiger partial charge is 0.394 e. The molecule has 2 aromatic rings. The lowest BCUT2D eigenvalue weighted by Crippen LogP contribution is -2.14. The van der Waals surface area contributed by atoms with Crippen molar-refractivity contribution >= 4 is 11.4 Å². The van der Waals surface area contributed by atoms with E-state index >= 15 is 0 Å². The van der Waals surface area contributed by atoms with Crippen molar-refractivity contribution in [2.75, 3.05) is 11.9 Å². The third kappa shape index (κ3) is 3.35. The van der Waals surface area contributed by atoms with Gasteiger partial charge < -0.3 is 10.4 Å². The first-order valence-corrected chi connectivity index (χ1v) is 6.26. The number of hydrogen-bond donors (Lipinski definition) is 2. The lowest BCUT2D eigenvalue weighted by molar-refractivity contribution is -0.385. The first kappa shape index (κ1) is 14.5. The zero-order valence-electron chi connectivity index (χ0n) is 11.1. The second-order valence-corrected chi connectivity index (χ2v) is 4.39. The minimum Gasteiger partial charge on any atom is -0.394 e. The predicted molar refractivity (Wildman–Crippen MR) is 77.7 cm³/mol. The van der Waals surface area contributed by atoms with Crippen molar-refractivity contribution < 1.29 is 10.0 Å². The molecule has 21 heavy (non-hydrogen) atoms. The van der Waals surface area contributed by atoms with Crippen LogP contribution in [-0.4, -0.2) is 16.6 Å². The van der Waals surface area contributed by atoms with Crippen LogP contribution in [0.25, 0.3) is 0 Å². The highest BCUT2D eigenvalue weighted by Crippen LogP contribution is 2.25. The molecule has 0 saturated carbocycles. The smallest absolute Gasteiger partial charge is 0.289 e. The Kier molecular flexibility index (Phi) is 4.49. The maximum atomic E-state index is 10.9. The van der Waals surface area contributed by atoms with Crippen molar-refractivity contribution in [3.05, 3.63) is 69.8 Å². The van der Waals surface area contributed by atoms with Crippen LogP contribution in [0.5, 0.6) is 0 Å². The van der Waals surface area contributed by atoms with Crippen LogP contribution in [0.1, 0.15) is 17.2 Å². The summed E-state index contributed by atoms with van der Waals surface area (Å²) in [6, 6.07) is 14.9. The number of aliphatic hydroxyl groups is 1. The molecule has 2 rings (SSSR count). The third-order valence-electron chi connectivity index (χ3n) is 3.04. The Bertz CT molecular complexity index is 680. The van der Waals surface area contributed by atoms with E-state index < -0.39 is 4.92 Å². The molecule has 106 valence electrons. The highest BCUT2D eigenvalue weighted by atomic mass is 16.6. The average molecular weight is 283 g/mol. The fraction of sp³-hybridized carbons (Fsp3) is 0.133. The Labute approximate surface area is 121 Å². The van der Waals surface area contributed by atoms with Gasteiger partial charge in [-0.05, 0) is 17.7 Å². The van der Waals surface area contributed by atoms with Crippen LogP contribution in [0.4, 0.5) is 11.4 Å².